The SMILES string of the molecule is COC(=O)c1sc(N2C(=O)C(=O)/C(=C(/O)c3ccc(OC)c(C)c3)C2c2cc(OC)c(OC)c(OC)c2)nc1C. The van der Waals surface area contributed by atoms with Gasteiger partial charge >= 0.3 is 11.9 Å². The van der Waals surface area contributed by atoms with Crippen LogP contribution in [-0.2, 0) is 14.3 Å². The quantitative estimate of drug-likeness (QED) is 0.182. The molecule has 0 saturated carbocycles. The number of aliphatic hydroxyl groups excluding tert-OH is 1. The number of Topliss-reactive ketones (excluding diaryl/α,β-unsaturated/α-hetero) is 1. The largest absolute Gasteiger partial charge is 0.507 e. The van der Waals surface area contributed by atoms with Gasteiger partial charge < -0.3 is 28.8 Å². The summed E-state index contributed by atoms with van der Waals surface area (Å²) in [6.45, 7) is 3.38. The highest BCUT2D eigenvalue weighted by atomic mass is 32.1. The molecule has 40 heavy (non-hydrogen) atoms. The molecule has 1 aliphatic rings. The molecular formula is C28H28N2O9S. The smallest absolute Gasteiger partial charge is 0.350 e. The molecule has 1 saturated heterocycles. The van der Waals surface area contributed by atoms with Crippen LogP contribution in [0.3, 0.4) is 0 Å². The van der Waals surface area contributed by atoms with Crippen molar-refractivity contribution in [2.24, 2.45) is 0 Å². The number of aryl methyl sites for hydroxylation is 2. The summed E-state index contributed by atoms with van der Waals surface area (Å²) in [6.07, 6.45) is 0. The lowest BCUT2D eigenvalue weighted by atomic mass is 9.94. The van der Waals surface area contributed by atoms with Crippen LogP contribution >= 0.6 is 11.3 Å². The summed E-state index contributed by atoms with van der Waals surface area (Å²) in [5.74, 6) is -1.46. The van der Waals surface area contributed by atoms with Crippen LogP contribution in [0, 0.1) is 13.8 Å². The molecule has 1 aliphatic heterocycles. The maximum absolute atomic E-state index is 13.6. The van der Waals surface area contributed by atoms with E-state index in [2.05, 4.69) is 4.98 Å². The standard InChI is InChI=1S/C28H28N2O9S/c1-13-10-15(8-9-17(13)35-3)22(31)20-21(16-11-18(36-4)24(38-6)19(12-16)37-5)30(26(33)23(20)32)28-29-14(2)25(40-28)27(34)39-7/h8-12,21,31H,1-7H3/b22-20+. The molecule has 1 unspecified atom stereocenters. The second kappa shape index (κ2) is 11.3. The molecule has 2 aromatic carbocycles. The van der Waals surface area contributed by atoms with Gasteiger partial charge in [-0.1, -0.05) is 11.3 Å². The van der Waals surface area contributed by atoms with Gasteiger partial charge in [0.25, 0.3) is 5.78 Å². The topological polar surface area (TPSA) is 134 Å². The zero-order valence-corrected chi connectivity index (χ0v) is 23.8. The molecule has 1 atom stereocenters. The Hall–Kier alpha value is -4.58. The lowest BCUT2D eigenvalue weighted by molar-refractivity contribution is -0.132. The van der Waals surface area contributed by atoms with Crippen LogP contribution in [0.25, 0.3) is 5.76 Å². The van der Waals surface area contributed by atoms with E-state index in [1.54, 1.807) is 44.2 Å². The van der Waals surface area contributed by atoms with Crippen molar-refractivity contribution in [2.75, 3.05) is 40.4 Å². The lowest BCUT2D eigenvalue weighted by Gasteiger charge is -2.24. The van der Waals surface area contributed by atoms with Crippen molar-refractivity contribution in [1.29, 1.82) is 0 Å². The summed E-state index contributed by atoms with van der Waals surface area (Å²) >= 11 is 0.897. The van der Waals surface area contributed by atoms with E-state index in [9.17, 15) is 19.5 Å². The third-order valence-electron chi connectivity index (χ3n) is 6.48. The molecule has 4 rings (SSSR count). The first kappa shape index (κ1) is 28.4. The number of methoxy groups -OCH3 is 5. The van der Waals surface area contributed by atoms with Gasteiger partial charge in [-0.05, 0) is 55.3 Å². The number of aliphatic hydroxyl groups is 1. The van der Waals surface area contributed by atoms with Crippen molar-refractivity contribution >= 4 is 39.9 Å². The summed E-state index contributed by atoms with van der Waals surface area (Å²) in [4.78, 5) is 45.2. The summed E-state index contributed by atoms with van der Waals surface area (Å²) in [5, 5.41) is 11.6. The number of aromatic nitrogens is 1. The highest BCUT2D eigenvalue weighted by Gasteiger charge is 2.49. The number of thiazole rings is 1. The molecular weight excluding hydrogens is 540 g/mol. The van der Waals surface area contributed by atoms with Crippen LogP contribution in [-0.4, -0.2) is 63.3 Å². The minimum atomic E-state index is -1.16. The molecule has 1 amide bonds. The molecule has 3 aromatic rings. The van der Waals surface area contributed by atoms with Crippen molar-refractivity contribution in [3.8, 4) is 23.0 Å². The van der Waals surface area contributed by atoms with E-state index >= 15 is 0 Å². The fourth-order valence-electron chi connectivity index (χ4n) is 4.55. The second-order valence-corrected chi connectivity index (χ2v) is 9.69. The zero-order chi connectivity index (χ0) is 29.3. The fourth-order valence-corrected chi connectivity index (χ4v) is 5.56. The number of nitrogens with zero attached hydrogens (tertiary/aromatic N) is 2. The van der Waals surface area contributed by atoms with Gasteiger partial charge in [-0.25, -0.2) is 9.78 Å². The maximum atomic E-state index is 13.6. The predicted octanol–water partition coefficient (Wildman–Crippen LogP) is 4.21. The van der Waals surface area contributed by atoms with Gasteiger partial charge in [-0.2, -0.15) is 0 Å². The van der Waals surface area contributed by atoms with Crippen LogP contribution in [0.2, 0.25) is 0 Å². The molecule has 0 radical (unpaired) electrons. The van der Waals surface area contributed by atoms with Crippen LogP contribution in [0.1, 0.15) is 38.1 Å². The monoisotopic (exact) mass is 568 g/mol. The minimum absolute atomic E-state index is 0.0729. The van der Waals surface area contributed by atoms with Gasteiger partial charge in [0.1, 0.15) is 16.4 Å². The van der Waals surface area contributed by atoms with Gasteiger partial charge in [0, 0.05) is 5.56 Å². The predicted molar refractivity (Wildman–Crippen MR) is 147 cm³/mol. The van der Waals surface area contributed by atoms with E-state index in [1.807, 2.05) is 0 Å². The van der Waals surface area contributed by atoms with E-state index in [0.717, 1.165) is 16.2 Å². The van der Waals surface area contributed by atoms with Crippen molar-refractivity contribution in [3.05, 3.63) is 63.2 Å². The Morgan fingerprint density at radius 3 is 2.08 bits per heavy atom. The molecule has 1 N–H and O–H groups in total. The highest BCUT2D eigenvalue weighted by Crippen LogP contribution is 2.48. The number of ketones is 1. The van der Waals surface area contributed by atoms with E-state index in [4.69, 9.17) is 23.7 Å². The lowest BCUT2D eigenvalue weighted by Crippen LogP contribution is -2.29. The van der Waals surface area contributed by atoms with Gasteiger partial charge in [-0.3, -0.25) is 14.5 Å². The molecule has 2 heterocycles. The van der Waals surface area contributed by atoms with Crippen molar-refractivity contribution in [1.82, 2.24) is 4.98 Å². The fraction of sp³-hybridized carbons (Fsp3) is 0.286. The number of ether oxygens (including phenoxy) is 5. The third kappa shape index (κ3) is 4.70. The maximum Gasteiger partial charge on any atom is 0.350 e. The Labute approximate surface area is 234 Å². The number of anilines is 1. The molecule has 1 fully saturated rings. The molecule has 0 aliphatic carbocycles. The number of hydrogen-bond acceptors (Lipinski definition) is 11. The summed E-state index contributed by atoms with van der Waals surface area (Å²) < 4.78 is 26.6. The first-order chi connectivity index (χ1) is 19.1. The van der Waals surface area contributed by atoms with Crippen molar-refractivity contribution in [3.63, 3.8) is 0 Å². The number of carbonyl (C=O) groups excluding carboxylic acids is 3. The number of carbonyl (C=O) groups is 3. The summed E-state index contributed by atoms with van der Waals surface area (Å²) in [6, 6.07) is 6.90. The molecule has 12 heteroatoms. The Kier molecular flexibility index (Phi) is 8.01. The zero-order valence-electron chi connectivity index (χ0n) is 23.0. The first-order valence-electron chi connectivity index (χ1n) is 11.9. The van der Waals surface area contributed by atoms with E-state index < -0.39 is 29.5 Å². The Morgan fingerprint density at radius 2 is 1.55 bits per heavy atom. The minimum Gasteiger partial charge on any atom is -0.507 e. The normalized spacial score (nSPS) is 16.2. The van der Waals surface area contributed by atoms with Crippen molar-refractivity contribution in [2.45, 2.75) is 19.9 Å². The average Bonchev–Trinajstić information content (AvgIpc) is 3.47. The summed E-state index contributed by atoms with van der Waals surface area (Å²) in [7, 11) is 7.08. The van der Waals surface area contributed by atoms with Crippen LogP contribution < -0.4 is 23.8 Å². The number of rotatable bonds is 8. The number of amides is 1. The van der Waals surface area contributed by atoms with Crippen LogP contribution in [0.4, 0.5) is 5.13 Å². The van der Waals surface area contributed by atoms with Gasteiger partial charge in [-0.15, -0.1) is 0 Å². The van der Waals surface area contributed by atoms with E-state index in [1.165, 1.54) is 35.5 Å². The van der Waals surface area contributed by atoms with E-state index in [0.29, 0.717) is 33.9 Å². The molecule has 11 nitrogen and oxygen atoms in total. The second-order valence-electron chi connectivity index (χ2n) is 8.71. The number of hydrogen-bond donors (Lipinski definition) is 1. The van der Waals surface area contributed by atoms with Crippen LogP contribution in [0.15, 0.2) is 35.9 Å². The Morgan fingerprint density at radius 1 is 0.925 bits per heavy atom. The highest BCUT2D eigenvalue weighted by molar-refractivity contribution is 7.17. The third-order valence-corrected chi connectivity index (χ3v) is 7.61. The Bertz CT molecular complexity index is 1520. The number of esters is 1. The number of benzene rings is 2. The van der Waals surface area contributed by atoms with E-state index in [-0.39, 0.29) is 27.1 Å². The molecule has 1 aromatic heterocycles. The molecule has 0 bridgehead atoms. The van der Waals surface area contributed by atoms with Crippen LogP contribution in [0.5, 0.6) is 23.0 Å². The summed E-state index contributed by atoms with van der Waals surface area (Å²) in [5.41, 5.74) is 1.52. The van der Waals surface area contributed by atoms with Gasteiger partial charge in [0.05, 0.1) is 52.9 Å². The average molecular weight is 569 g/mol. The molecule has 0 spiro atoms. The van der Waals surface area contributed by atoms with Crippen molar-refractivity contribution < 1.29 is 43.2 Å². The van der Waals surface area contributed by atoms with Gasteiger partial charge in [0.2, 0.25) is 5.75 Å². The Balaban J connectivity index is 2.02. The molecule has 210 valence electrons. The first-order valence-corrected chi connectivity index (χ1v) is 12.7. The van der Waals surface area contributed by atoms with Gasteiger partial charge in [0.15, 0.2) is 16.6 Å².